The summed E-state index contributed by atoms with van der Waals surface area (Å²) in [6.07, 6.45) is -1.44. The van der Waals surface area contributed by atoms with Crippen LogP contribution >= 0.6 is 0 Å². The van der Waals surface area contributed by atoms with E-state index in [2.05, 4.69) is 5.32 Å². The smallest absolute Gasteiger partial charge is 0.179 e. The molecule has 150 valence electrons. The van der Waals surface area contributed by atoms with Gasteiger partial charge in [-0.25, -0.2) is 0 Å². The summed E-state index contributed by atoms with van der Waals surface area (Å²) in [5, 5.41) is 3.53. The van der Waals surface area contributed by atoms with Crippen molar-refractivity contribution >= 4 is 0 Å². The second kappa shape index (κ2) is 10.1. The van der Waals surface area contributed by atoms with Gasteiger partial charge < -0.3 is 37.9 Å². The fraction of sp³-hybridized carbons (Fsp3) is 1.00. The number of nitrogens with one attached hydrogen (secondary N) is 1. The molecule has 0 aromatic heterocycles. The lowest BCUT2D eigenvalue weighted by molar-refractivity contribution is -0.267. The lowest BCUT2D eigenvalue weighted by Crippen LogP contribution is -2.71. The number of ether oxygens (including phenoxy) is 8. The summed E-state index contributed by atoms with van der Waals surface area (Å²) in [4.78, 5) is 0. The van der Waals surface area contributed by atoms with E-state index in [0.29, 0.717) is 12.8 Å². The molecule has 0 bridgehead atoms. The van der Waals surface area contributed by atoms with Gasteiger partial charge in [0.05, 0.1) is 0 Å². The molecule has 0 spiro atoms. The Hall–Kier alpha value is -0.360. The van der Waals surface area contributed by atoms with E-state index in [9.17, 15) is 0 Å². The van der Waals surface area contributed by atoms with Gasteiger partial charge in [-0.2, -0.15) is 0 Å². The summed E-state index contributed by atoms with van der Waals surface area (Å²) in [6.45, 7) is 0. The Morgan fingerprint density at radius 2 is 0.680 bits per heavy atom. The quantitative estimate of drug-likeness (QED) is 0.490. The largest absolute Gasteiger partial charge is 0.354 e. The van der Waals surface area contributed by atoms with Gasteiger partial charge in [-0.3, -0.25) is 5.32 Å². The van der Waals surface area contributed by atoms with Gasteiger partial charge in [0.2, 0.25) is 0 Å². The third-order valence-electron chi connectivity index (χ3n) is 4.81. The van der Waals surface area contributed by atoms with Crippen molar-refractivity contribution in [2.75, 3.05) is 56.9 Å². The third kappa shape index (κ3) is 4.00. The maximum atomic E-state index is 5.55. The fourth-order valence-electron chi connectivity index (χ4n) is 3.97. The first kappa shape index (κ1) is 22.7. The summed E-state index contributed by atoms with van der Waals surface area (Å²) >= 11 is 0. The van der Waals surface area contributed by atoms with E-state index in [1.54, 1.807) is 56.9 Å². The minimum absolute atomic E-state index is 0.581. The van der Waals surface area contributed by atoms with Crippen molar-refractivity contribution in [1.82, 2.24) is 5.32 Å². The van der Waals surface area contributed by atoms with Crippen LogP contribution in [0.5, 0.6) is 0 Å². The molecule has 1 aliphatic rings. The van der Waals surface area contributed by atoms with E-state index < -0.39 is 36.2 Å². The molecule has 1 fully saturated rings. The van der Waals surface area contributed by atoms with Crippen LogP contribution in [0.1, 0.15) is 12.8 Å². The van der Waals surface area contributed by atoms with Gasteiger partial charge in [0.25, 0.3) is 0 Å². The SMILES string of the molecule is COC(OC)C1(C(OC)OC)CCC(C(OC)OC)(C(OC)OC)N1. The highest BCUT2D eigenvalue weighted by Gasteiger charge is 2.63. The highest BCUT2D eigenvalue weighted by molar-refractivity contribution is 5.13. The summed E-state index contributed by atoms with van der Waals surface area (Å²) in [5.74, 6) is 0. The molecule has 1 heterocycles. The van der Waals surface area contributed by atoms with E-state index >= 15 is 0 Å². The predicted molar refractivity (Wildman–Crippen MR) is 89.1 cm³/mol. The summed E-state index contributed by atoms with van der Waals surface area (Å²) in [5.41, 5.74) is -1.67. The van der Waals surface area contributed by atoms with Crippen molar-refractivity contribution < 1.29 is 37.9 Å². The van der Waals surface area contributed by atoms with Crippen molar-refractivity contribution in [2.24, 2.45) is 0 Å². The average Bonchev–Trinajstić information content (AvgIpc) is 3.01. The standard InChI is InChI=1S/C16H33NO8/c1-18-11(19-2)15(12(20-3)21-4)9-10-16(17-15,13(22-5)23-6)14(24-7)25-8/h11-14,17H,9-10H2,1-8H3. The summed E-state index contributed by atoms with van der Waals surface area (Å²) in [7, 11) is 12.5. The van der Waals surface area contributed by atoms with Gasteiger partial charge in [0.15, 0.2) is 25.2 Å². The lowest BCUT2D eigenvalue weighted by atomic mass is 9.93. The molecule has 1 saturated heterocycles. The molecule has 0 atom stereocenters. The Balaban J connectivity index is 3.40. The number of hydrogen-bond donors (Lipinski definition) is 1. The summed E-state index contributed by atoms with van der Waals surface area (Å²) < 4.78 is 44.4. The highest BCUT2D eigenvalue weighted by atomic mass is 16.7. The van der Waals surface area contributed by atoms with Crippen molar-refractivity contribution in [2.45, 2.75) is 49.1 Å². The molecular formula is C16H33NO8. The molecule has 0 saturated carbocycles. The van der Waals surface area contributed by atoms with Gasteiger partial charge in [0.1, 0.15) is 11.1 Å². The first-order chi connectivity index (χ1) is 12.0. The molecule has 1 N–H and O–H groups in total. The molecule has 9 heteroatoms. The fourth-order valence-corrected chi connectivity index (χ4v) is 3.97. The van der Waals surface area contributed by atoms with E-state index in [1.807, 2.05) is 0 Å². The van der Waals surface area contributed by atoms with E-state index in [1.165, 1.54) is 0 Å². The minimum Gasteiger partial charge on any atom is -0.354 e. The van der Waals surface area contributed by atoms with Crippen LogP contribution in [0.15, 0.2) is 0 Å². The molecule has 0 unspecified atom stereocenters. The van der Waals surface area contributed by atoms with Crippen LogP contribution in [0.4, 0.5) is 0 Å². The van der Waals surface area contributed by atoms with Gasteiger partial charge >= 0.3 is 0 Å². The Morgan fingerprint density at radius 1 is 0.480 bits per heavy atom. The lowest BCUT2D eigenvalue weighted by Gasteiger charge is -2.46. The van der Waals surface area contributed by atoms with Crippen molar-refractivity contribution in [3.63, 3.8) is 0 Å². The van der Waals surface area contributed by atoms with E-state index in [4.69, 9.17) is 37.9 Å². The van der Waals surface area contributed by atoms with Crippen LogP contribution in [0.2, 0.25) is 0 Å². The zero-order valence-electron chi connectivity index (χ0n) is 16.5. The highest BCUT2D eigenvalue weighted by Crippen LogP contribution is 2.43. The second-order valence-electron chi connectivity index (χ2n) is 5.92. The third-order valence-corrected chi connectivity index (χ3v) is 4.81. The normalized spacial score (nSPS) is 19.7. The molecule has 25 heavy (non-hydrogen) atoms. The van der Waals surface area contributed by atoms with E-state index in [-0.39, 0.29) is 0 Å². The molecule has 0 radical (unpaired) electrons. The molecule has 0 aromatic rings. The van der Waals surface area contributed by atoms with Crippen molar-refractivity contribution in [3.8, 4) is 0 Å². The van der Waals surface area contributed by atoms with Gasteiger partial charge in [-0.1, -0.05) is 0 Å². The van der Waals surface area contributed by atoms with Crippen LogP contribution in [0.3, 0.4) is 0 Å². The molecule has 1 rings (SSSR count). The Labute approximate surface area is 150 Å². The number of rotatable bonds is 12. The number of hydrogen-bond acceptors (Lipinski definition) is 9. The molecule has 0 aliphatic carbocycles. The second-order valence-corrected chi connectivity index (χ2v) is 5.92. The monoisotopic (exact) mass is 367 g/mol. The first-order valence-electron chi connectivity index (χ1n) is 8.01. The first-order valence-corrected chi connectivity index (χ1v) is 8.01. The zero-order valence-corrected chi connectivity index (χ0v) is 16.5. The minimum atomic E-state index is -0.836. The molecule has 9 nitrogen and oxygen atoms in total. The van der Waals surface area contributed by atoms with Crippen LogP contribution in [-0.2, 0) is 37.9 Å². The van der Waals surface area contributed by atoms with Crippen molar-refractivity contribution in [3.05, 3.63) is 0 Å². The Kier molecular flexibility index (Phi) is 9.16. The van der Waals surface area contributed by atoms with Crippen LogP contribution in [0, 0.1) is 0 Å². The maximum absolute atomic E-state index is 5.55. The summed E-state index contributed by atoms with van der Waals surface area (Å²) in [6, 6.07) is 0. The number of methoxy groups -OCH3 is 8. The topological polar surface area (TPSA) is 85.9 Å². The Bertz CT molecular complexity index is 309. The molecule has 1 aliphatic heterocycles. The molecular weight excluding hydrogens is 334 g/mol. The predicted octanol–water partition coefficient (Wildman–Crippen LogP) is 0.323. The van der Waals surface area contributed by atoms with Crippen molar-refractivity contribution in [1.29, 1.82) is 0 Å². The average molecular weight is 367 g/mol. The van der Waals surface area contributed by atoms with Gasteiger partial charge in [-0.15, -0.1) is 0 Å². The van der Waals surface area contributed by atoms with Crippen LogP contribution < -0.4 is 5.32 Å². The van der Waals surface area contributed by atoms with Crippen LogP contribution in [-0.4, -0.2) is 93.1 Å². The zero-order chi connectivity index (χ0) is 19.1. The van der Waals surface area contributed by atoms with Gasteiger partial charge in [-0.05, 0) is 12.8 Å². The Morgan fingerprint density at radius 3 is 0.840 bits per heavy atom. The van der Waals surface area contributed by atoms with Crippen LogP contribution in [0.25, 0.3) is 0 Å². The van der Waals surface area contributed by atoms with E-state index in [0.717, 1.165) is 0 Å². The molecule has 0 amide bonds. The van der Waals surface area contributed by atoms with Gasteiger partial charge in [0, 0.05) is 56.9 Å². The molecule has 0 aromatic carbocycles. The maximum Gasteiger partial charge on any atom is 0.179 e.